The summed E-state index contributed by atoms with van der Waals surface area (Å²) in [6.45, 7) is 13.0. The van der Waals surface area contributed by atoms with Gasteiger partial charge in [0.15, 0.2) is 15.1 Å². The maximum atomic E-state index is 12.6. The summed E-state index contributed by atoms with van der Waals surface area (Å²) in [5.41, 5.74) is 2.51. The number of thiol groups is 1. The summed E-state index contributed by atoms with van der Waals surface area (Å²) in [5, 5.41) is 0. The monoisotopic (exact) mass is 779 g/mol. The fraction of sp³-hybridized carbons (Fsp3) is 0.514. The first-order valence-electron chi connectivity index (χ1n) is 17.5. The number of hydrogen-bond acceptors (Lipinski definition) is 13. The lowest BCUT2D eigenvalue weighted by Gasteiger charge is -2.30. The zero-order valence-corrected chi connectivity index (χ0v) is 33.5. The van der Waals surface area contributed by atoms with Gasteiger partial charge in [0.2, 0.25) is 0 Å². The average molecular weight is 780 g/mol. The summed E-state index contributed by atoms with van der Waals surface area (Å²) in [5.74, 6) is -6.94. The van der Waals surface area contributed by atoms with Gasteiger partial charge in [-0.3, -0.25) is 28.8 Å². The van der Waals surface area contributed by atoms with Crippen molar-refractivity contribution in [3.63, 3.8) is 0 Å². The van der Waals surface area contributed by atoms with Gasteiger partial charge in [-0.2, -0.15) is 12.5 Å². The molecule has 0 spiro atoms. The van der Waals surface area contributed by atoms with E-state index < -0.39 is 56.1 Å². The zero-order valence-electron chi connectivity index (χ0n) is 31.6. The van der Waals surface area contributed by atoms with Gasteiger partial charge >= 0.3 is 29.8 Å². The maximum absolute atomic E-state index is 12.6. The lowest BCUT2D eigenvalue weighted by atomic mass is 9.73. The van der Waals surface area contributed by atoms with Crippen molar-refractivity contribution >= 4 is 66.0 Å². The largest absolute Gasteiger partial charge is 0.463 e. The Morgan fingerprint density at radius 1 is 0.885 bits per heavy atom. The molecule has 15 heteroatoms. The second-order valence-corrected chi connectivity index (χ2v) is 19.3. The van der Waals surface area contributed by atoms with E-state index in [2.05, 4.69) is 0 Å². The Hall–Kier alpha value is -3.42. The highest BCUT2D eigenvalue weighted by atomic mass is 32.1. The Kier molecular flexibility index (Phi) is 18.1. The van der Waals surface area contributed by atoms with Gasteiger partial charge in [0, 0.05) is 14.3 Å². The molecule has 1 N–H and O–H groups in total. The highest BCUT2D eigenvalue weighted by molar-refractivity contribution is 7.85. The van der Waals surface area contributed by atoms with Crippen molar-refractivity contribution in [2.75, 3.05) is 12.3 Å². The number of ether oxygens (including phenoxy) is 4. The molecule has 0 saturated carbocycles. The molecule has 0 radical (unpaired) electrons. The van der Waals surface area contributed by atoms with Crippen molar-refractivity contribution in [2.24, 2.45) is 29.6 Å². The SMILES string of the molecule is CCC(c1ccccc1)C1C(=O)OC(=O)C1C.CCC(c1ccccc1)C1C(=O)OC(=O)C1C(OC=O)C(C)C(=O)OCO[Si](C)(C)C.[2H]SCPO. The molecule has 52 heavy (non-hydrogen) atoms. The standard InChI is InChI=1S/C22H30O8Si.C14H16O3.CH5OPS/c1-6-16(15-10-8-7-9-11-15)17-18(22(26)30-21(17)25)19(27-12-23)14(2)20(24)28-13-29-31(3,4)5;1-3-11(10-7-5-4-6-8-10)12-9(2)13(15)17-14(12)16;2-3-1-4/h7-12,14,16-19H,6,13H2,1-5H3;4-9,11-12H,3H2,1-2H3;2-4H,1H2/i/hD. The van der Waals surface area contributed by atoms with Gasteiger partial charge in [-0.25, -0.2) is 0 Å². The summed E-state index contributed by atoms with van der Waals surface area (Å²) in [4.78, 5) is 80.1. The molecule has 0 bridgehead atoms. The van der Waals surface area contributed by atoms with E-state index in [4.69, 9.17) is 29.4 Å². The van der Waals surface area contributed by atoms with Crippen molar-refractivity contribution in [3.05, 3.63) is 71.8 Å². The summed E-state index contributed by atoms with van der Waals surface area (Å²) in [6.07, 6.45) is 0.157. The Morgan fingerprint density at radius 2 is 1.37 bits per heavy atom. The summed E-state index contributed by atoms with van der Waals surface area (Å²) in [7, 11) is -1.97. The lowest BCUT2D eigenvalue weighted by Crippen LogP contribution is -2.43. The van der Waals surface area contributed by atoms with Crippen LogP contribution in [0.4, 0.5) is 0 Å². The van der Waals surface area contributed by atoms with Gasteiger partial charge < -0.3 is 28.3 Å². The maximum Gasteiger partial charge on any atom is 0.321 e. The van der Waals surface area contributed by atoms with Crippen molar-refractivity contribution in [1.82, 2.24) is 0 Å². The third-order valence-electron chi connectivity index (χ3n) is 8.91. The topological polar surface area (TPSA) is 169 Å². The molecule has 2 aliphatic rings. The van der Waals surface area contributed by atoms with Gasteiger partial charge in [-0.1, -0.05) is 81.4 Å². The van der Waals surface area contributed by atoms with E-state index in [0.29, 0.717) is 11.9 Å². The molecule has 2 aromatic rings. The van der Waals surface area contributed by atoms with Crippen LogP contribution in [0.1, 0.15) is 63.5 Å². The van der Waals surface area contributed by atoms with Gasteiger partial charge in [0.05, 0.1) is 23.7 Å². The molecule has 9 atom stereocenters. The molecule has 2 fully saturated rings. The quantitative estimate of drug-likeness (QED) is 0.0298. The van der Waals surface area contributed by atoms with E-state index in [1.165, 1.54) is 6.92 Å². The number of hydrogen-bond donors (Lipinski definition) is 2. The van der Waals surface area contributed by atoms with Crippen LogP contribution >= 0.6 is 21.3 Å². The van der Waals surface area contributed by atoms with E-state index >= 15 is 0 Å². The summed E-state index contributed by atoms with van der Waals surface area (Å²) >= 11 is 0.914. The normalized spacial score (nSPS) is 22.4. The first-order chi connectivity index (χ1) is 25.2. The zero-order chi connectivity index (χ0) is 39.7. The van der Waals surface area contributed by atoms with E-state index in [1.807, 2.05) is 94.2 Å². The van der Waals surface area contributed by atoms with Crippen molar-refractivity contribution < 1.29 is 57.0 Å². The number of esters is 5. The number of rotatable bonds is 16. The molecule has 2 saturated heterocycles. The first kappa shape index (κ1) is 43.0. The van der Waals surface area contributed by atoms with Gasteiger partial charge in [-0.15, -0.1) is 0 Å². The Bertz CT molecular complexity index is 1490. The lowest BCUT2D eigenvalue weighted by molar-refractivity contribution is -0.166. The van der Waals surface area contributed by atoms with Crippen LogP contribution in [0.5, 0.6) is 0 Å². The van der Waals surface area contributed by atoms with Crippen LogP contribution in [0.2, 0.25) is 19.6 Å². The minimum atomic E-state index is -1.90. The third kappa shape index (κ3) is 12.6. The first-order valence-corrected chi connectivity index (χ1v) is 22.3. The van der Waals surface area contributed by atoms with E-state index in [9.17, 15) is 28.8 Å². The minimum Gasteiger partial charge on any atom is -0.463 e. The molecule has 4 rings (SSSR count). The molecule has 12 nitrogen and oxygen atoms in total. The van der Waals surface area contributed by atoms with Crippen LogP contribution < -0.4 is 0 Å². The molecule has 9 unspecified atom stereocenters. The van der Waals surface area contributed by atoms with Crippen LogP contribution in [-0.2, 0) is 52.1 Å². The van der Waals surface area contributed by atoms with Gasteiger partial charge in [0.1, 0.15) is 13.1 Å². The molecule has 0 aliphatic carbocycles. The van der Waals surface area contributed by atoms with Crippen LogP contribution in [0.3, 0.4) is 0 Å². The number of cyclic esters (lactones) is 4. The Morgan fingerprint density at radius 3 is 1.77 bits per heavy atom. The van der Waals surface area contributed by atoms with Gasteiger partial charge in [0.25, 0.3) is 6.47 Å². The molecule has 2 heterocycles. The van der Waals surface area contributed by atoms with Crippen LogP contribution in [0.25, 0.3) is 0 Å². The molecule has 286 valence electrons. The second-order valence-electron chi connectivity index (χ2n) is 13.3. The molecule has 2 aliphatic heterocycles. The number of carbonyl (C=O) groups is 6. The van der Waals surface area contributed by atoms with E-state index in [-0.39, 0.29) is 51.7 Å². The molecule has 2 aromatic carbocycles. The fourth-order valence-electron chi connectivity index (χ4n) is 6.31. The average Bonchev–Trinajstić information content (AvgIpc) is 3.56. The van der Waals surface area contributed by atoms with Crippen molar-refractivity contribution in [2.45, 2.75) is 78.1 Å². The summed E-state index contributed by atoms with van der Waals surface area (Å²) in [6, 6.07) is 19.1. The number of carbonyl (C=O) groups excluding carboxylic acids is 6. The molecular formula is C37H51O12PSSi. The highest BCUT2D eigenvalue weighted by Crippen LogP contribution is 2.42. The smallest absolute Gasteiger partial charge is 0.321 e. The van der Waals surface area contributed by atoms with Crippen LogP contribution in [-0.4, -0.2) is 69.0 Å². The highest BCUT2D eigenvalue weighted by Gasteiger charge is 2.55. The van der Waals surface area contributed by atoms with E-state index in [1.54, 1.807) is 6.92 Å². The van der Waals surface area contributed by atoms with Gasteiger partial charge in [-0.05, 0) is 62.4 Å². The van der Waals surface area contributed by atoms with Crippen molar-refractivity contribution in [1.29, 1.82) is 1.12 Å². The minimum absolute atomic E-state index is 0.0603. The molecule has 0 aromatic heterocycles. The molecule has 0 amide bonds. The third-order valence-corrected chi connectivity index (χ3v) is 10.4. The van der Waals surface area contributed by atoms with Crippen LogP contribution in [0, 0.1) is 29.6 Å². The second kappa shape index (κ2) is 21.9. The number of benzene rings is 2. The van der Waals surface area contributed by atoms with Crippen LogP contribution in [0.15, 0.2) is 60.7 Å². The summed E-state index contributed by atoms with van der Waals surface area (Å²) < 4.78 is 31.9. The van der Waals surface area contributed by atoms with Crippen molar-refractivity contribution in [3.8, 4) is 0 Å². The Balaban J connectivity index is 0.000000367. The predicted molar refractivity (Wildman–Crippen MR) is 201 cm³/mol. The Labute approximate surface area is 315 Å². The predicted octanol–water partition coefficient (Wildman–Crippen LogP) is 6.00. The fourth-order valence-corrected chi connectivity index (χ4v) is 6.72. The molecular weight excluding hydrogens is 728 g/mol. The van der Waals surface area contributed by atoms with E-state index in [0.717, 1.165) is 30.1 Å².